The fourth-order valence-electron chi connectivity index (χ4n) is 2.65. The molecule has 7 nitrogen and oxygen atoms in total. The van der Waals surface area contributed by atoms with Crippen molar-refractivity contribution >= 4 is 22.6 Å². The number of aromatic nitrogens is 1. The number of nitrogen functional groups attached to an aromatic ring is 1. The Balaban J connectivity index is 2.29. The zero-order valence-electron chi connectivity index (χ0n) is 14.2. The van der Waals surface area contributed by atoms with Gasteiger partial charge in [0.2, 0.25) is 5.89 Å². The summed E-state index contributed by atoms with van der Waals surface area (Å²) in [6.45, 7) is 1.58. The van der Waals surface area contributed by atoms with Gasteiger partial charge in [0.25, 0.3) is 0 Å². The standard InChI is InChI=1S/C18H19N3O4/c1-9(19)16(22)14-15(20)10(8-13(23-2)17(14)24-3)18-21-11-6-4-5-7-12(11)25-18/h4-9H,19-20H2,1-3H3/t9-/m0/s1. The number of Topliss-reactive ketones (excluding diaryl/α,β-unsaturated/α-hetero) is 1. The first-order chi connectivity index (χ1) is 12.0. The summed E-state index contributed by atoms with van der Waals surface area (Å²) in [5.41, 5.74) is 14.1. The van der Waals surface area contributed by atoms with Crippen molar-refractivity contribution < 1.29 is 18.7 Å². The monoisotopic (exact) mass is 341 g/mol. The van der Waals surface area contributed by atoms with Gasteiger partial charge in [-0.15, -0.1) is 0 Å². The Morgan fingerprint density at radius 2 is 1.96 bits per heavy atom. The lowest BCUT2D eigenvalue weighted by Crippen LogP contribution is -2.28. The van der Waals surface area contributed by atoms with Crippen molar-refractivity contribution in [3.05, 3.63) is 35.9 Å². The largest absolute Gasteiger partial charge is 0.493 e. The first-order valence-electron chi connectivity index (χ1n) is 7.68. The Morgan fingerprint density at radius 1 is 1.24 bits per heavy atom. The predicted octanol–water partition coefficient (Wildman–Crippen LogP) is 2.62. The minimum Gasteiger partial charge on any atom is -0.493 e. The summed E-state index contributed by atoms with van der Waals surface area (Å²) in [7, 11) is 2.92. The molecule has 0 saturated carbocycles. The number of nitrogens with two attached hydrogens (primary N) is 2. The highest BCUT2D eigenvalue weighted by Crippen LogP contribution is 2.42. The molecule has 7 heteroatoms. The van der Waals surface area contributed by atoms with Gasteiger partial charge in [0, 0.05) is 0 Å². The van der Waals surface area contributed by atoms with Gasteiger partial charge in [0.05, 0.1) is 37.1 Å². The number of oxazole rings is 1. The normalized spacial score (nSPS) is 12.2. The Hall–Kier alpha value is -3.06. The third-order valence-corrected chi connectivity index (χ3v) is 3.89. The van der Waals surface area contributed by atoms with Gasteiger partial charge in [-0.1, -0.05) is 12.1 Å². The molecule has 25 heavy (non-hydrogen) atoms. The van der Waals surface area contributed by atoms with E-state index in [1.807, 2.05) is 18.2 Å². The molecular weight excluding hydrogens is 322 g/mol. The number of anilines is 1. The highest BCUT2D eigenvalue weighted by molar-refractivity contribution is 6.09. The van der Waals surface area contributed by atoms with Crippen LogP contribution in [0.2, 0.25) is 0 Å². The summed E-state index contributed by atoms with van der Waals surface area (Å²) in [6, 6.07) is 8.22. The highest BCUT2D eigenvalue weighted by atomic mass is 16.5. The predicted molar refractivity (Wildman–Crippen MR) is 94.9 cm³/mol. The van der Waals surface area contributed by atoms with Crippen molar-refractivity contribution in [2.75, 3.05) is 20.0 Å². The minimum absolute atomic E-state index is 0.161. The van der Waals surface area contributed by atoms with Gasteiger partial charge in [-0.2, -0.15) is 0 Å². The van der Waals surface area contributed by atoms with E-state index in [-0.39, 0.29) is 22.8 Å². The number of nitrogens with zero attached hydrogens (tertiary/aromatic N) is 1. The fraction of sp³-hybridized carbons (Fsp3) is 0.222. The lowest BCUT2D eigenvalue weighted by atomic mass is 9.98. The quantitative estimate of drug-likeness (QED) is 0.541. The number of hydrogen-bond acceptors (Lipinski definition) is 7. The van der Waals surface area contributed by atoms with Crippen LogP contribution in [0.25, 0.3) is 22.6 Å². The third kappa shape index (κ3) is 2.78. The van der Waals surface area contributed by atoms with E-state index in [9.17, 15) is 4.79 Å². The maximum absolute atomic E-state index is 12.6. The van der Waals surface area contributed by atoms with Gasteiger partial charge in [0.1, 0.15) is 5.52 Å². The minimum atomic E-state index is -0.750. The van der Waals surface area contributed by atoms with Crippen molar-refractivity contribution in [1.29, 1.82) is 0 Å². The van der Waals surface area contributed by atoms with Gasteiger partial charge in [-0.25, -0.2) is 4.98 Å². The molecule has 2 aromatic carbocycles. The smallest absolute Gasteiger partial charge is 0.229 e. The number of carbonyl (C=O) groups is 1. The third-order valence-electron chi connectivity index (χ3n) is 3.89. The fourth-order valence-corrected chi connectivity index (χ4v) is 2.65. The van der Waals surface area contributed by atoms with Crippen molar-refractivity contribution in [2.45, 2.75) is 13.0 Å². The second-order valence-electron chi connectivity index (χ2n) is 5.59. The van der Waals surface area contributed by atoms with Gasteiger partial charge in [-0.3, -0.25) is 4.79 Å². The van der Waals surface area contributed by atoms with E-state index in [0.717, 1.165) is 0 Å². The first-order valence-corrected chi connectivity index (χ1v) is 7.68. The van der Waals surface area contributed by atoms with E-state index in [0.29, 0.717) is 28.3 Å². The molecule has 1 heterocycles. The lowest BCUT2D eigenvalue weighted by molar-refractivity contribution is 0.0965. The van der Waals surface area contributed by atoms with Crippen molar-refractivity contribution in [3.8, 4) is 23.0 Å². The Labute approximate surface area is 144 Å². The van der Waals surface area contributed by atoms with E-state index < -0.39 is 6.04 Å². The Bertz CT molecular complexity index is 914. The maximum Gasteiger partial charge on any atom is 0.229 e. The maximum atomic E-state index is 12.6. The molecule has 0 saturated heterocycles. The van der Waals surface area contributed by atoms with Gasteiger partial charge >= 0.3 is 0 Å². The van der Waals surface area contributed by atoms with Gasteiger partial charge in [-0.05, 0) is 25.1 Å². The number of hydrogen-bond donors (Lipinski definition) is 2. The zero-order valence-corrected chi connectivity index (χ0v) is 14.2. The topological polar surface area (TPSA) is 114 Å². The molecule has 0 bridgehead atoms. The molecule has 0 unspecified atom stereocenters. The molecule has 4 N–H and O–H groups in total. The van der Waals surface area contributed by atoms with Crippen LogP contribution in [0.4, 0.5) is 5.69 Å². The summed E-state index contributed by atoms with van der Waals surface area (Å²) in [5, 5.41) is 0. The average molecular weight is 341 g/mol. The molecule has 3 aromatic rings. The SMILES string of the molecule is COc1cc(-c2nc3ccccc3o2)c(N)c(C(=O)[C@H](C)N)c1OC. The molecule has 130 valence electrons. The molecule has 0 amide bonds. The van der Waals surface area contributed by atoms with E-state index in [4.69, 9.17) is 25.4 Å². The van der Waals surface area contributed by atoms with E-state index >= 15 is 0 Å². The zero-order chi connectivity index (χ0) is 18.1. The molecule has 0 aliphatic heterocycles. The second-order valence-corrected chi connectivity index (χ2v) is 5.59. The second kappa shape index (κ2) is 6.45. The number of fused-ring (bicyclic) bond motifs is 1. The first kappa shape index (κ1) is 16.8. The lowest BCUT2D eigenvalue weighted by Gasteiger charge is -2.17. The number of methoxy groups -OCH3 is 2. The van der Waals surface area contributed by atoms with E-state index in [1.54, 1.807) is 19.1 Å². The molecule has 1 atom stereocenters. The van der Waals surface area contributed by atoms with Crippen LogP contribution in [0.1, 0.15) is 17.3 Å². The van der Waals surface area contributed by atoms with Gasteiger partial charge in [0.15, 0.2) is 22.9 Å². The van der Waals surface area contributed by atoms with Crippen LogP contribution in [0.3, 0.4) is 0 Å². The van der Waals surface area contributed by atoms with E-state index in [2.05, 4.69) is 4.98 Å². The summed E-state index contributed by atoms with van der Waals surface area (Å²) in [5.74, 6) is 0.518. The van der Waals surface area contributed by atoms with Crippen LogP contribution < -0.4 is 20.9 Å². The number of carbonyl (C=O) groups excluding carboxylic acids is 1. The van der Waals surface area contributed by atoms with Crippen molar-refractivity contribution in [1.82, 2.24) is 4.98 Å². The highest BCUT2D eigenvalue weighted by Gasteiger charge is 2.27. The summed E-state index contributed by atoms with van der Waals surface area (Å²) in [6.07, 6.45) is 0. The van der Waals surface area contributed by atoms with Crippen LogP contribution >= 0.6 is 0 Å². The molecule has 0 aliphatic rings. The van der Waals surface area contributed by atoms with Crippen molar-refractivity contribution in [3.63, 3.8) is 0 Å². The average Bonchev–Trinajstić information content (AvgIpc) is 3.04. The van der Waals surface area contributed by atoms with E-state index in [1.165, 1.54) is 14.2 Å². The Kier molecular flexibility index (Phi) is 4.33. The molecule has 1 aromatic heterocycles. The summed E-state index contributed by atoms with van der Waals surface area (Å²) in [4.78, 5) is 17.0. The molecule has 0 spiro atoms. The van der Waals surface area contributed by atoms with Crippen LogP contribution in [0.15, 0.2) is 34.7 Å². The molecule has 0 aliphatic carbocycles. The summed E-state index contributed by atoms with van der Waals surface area (Å²) >= 11 is 0. The molecule has 0 radical (unpaired) electrons. The molecule has 3 rings (SSSR count). The number of ketones is 1. The van der Waals surface area contributed by atoms with Gasteiger partial charge < -0.3 is 25.4 Å². The number of para-hydroxylation sites is 2. The summed E-state index contributed by atoms with van der Waals surface area (Å²) < 4.78 is 16.5. The molecule has 0 fully saturated rings. The van der Waals surface area contributed by atoms with Crippen LogP contribution in [-0.4, -0.2) is 31.0 Å². The van der Waals surface area contributed by atoms with Crippen LogP contribution in [0.5, 0.6) is 11.5 Å². The number of rotatable bonds is 5. The number of benzene rings is 2. The van der Waals surface area contributed by atoms with Crippen LogP contribution in [0, 0.1) is 0 Å². The Morgan fingerprint density at radius 3 is 2.56 bits per heavy atom. The number of ether oxygens (including phenoxy) is 2. The molecular formula is C18H19N3O4. The van der Waals surface area contributed by atoms with Crippen molar-refractivity contribution in [2.24, 2.45) is 5.73 Å². The van der Waals surface area contributed by atoms with Crippen LogP contribution in [-0.2, 0) is 0 Å².